The fourth-order valence-electron chi connectivity index (χ4n) is 5.75. The van der Waals surface area contributed by atoms with Gasteiger partial charge in [-0.05, 0) is 76.7 Å². The van der Waals surface area contributed by atoms with Crippen molar-refractivity contribution in [2.24, 2.45) is 11.3 Å². The van der Waals surface area contributed by atoms with E-state index in [0.29, 0.717) is 0 Å². The van der Waals surface area contributed by atoms with Crippen LogP contribution in [-0.2, 0) is 24.7 Å². The van der Waals surface area contributed by atoms with Gasteiger partial charge in [-0.1, -0.05) is 0 Å². The summed E-state index contributed by atoms with van der Waals surface area (Å²) in [5.74, 6) is 1.86. The predicted molar refractivity (Wildman–Crippen MR) is 138 cm³/mol. The first-order valence-electron chi connectivity index (χ1n) is 12.7. The van der Waals surface area contributed by atoms with Gasteiger partial charge in [0.15, 0.2) is 0 Å². The molecule has 2 saturated heterocycles. The number of benzene rings is 1. The highest BCUT2D eigenvalue weighted by atomic mass is 31.3. The van der Waals surface area contributed by atoms with E-state index in [4.69, 9.17) is 29.0 Å². The van der Waals surface area contributed by atoms with E-state index < -0.39 is 15.6 Å². The van der Waals surface area contributed by atoms with Gasteiger partial charge in [0.25, 0.3) is 0 Å². The number of rotatable bonds is 5. The van der Waals surface area contributed by atoms with Crippen LogP contribution in [0.1, 0.15) is 50.6 Å². The number of phosphoric acid groups is 2. The molecule has 1 aromatic heterocycles. The summed E-state index contributed by atoms with van der Waals surface area (Å²) in [6.07, 6.45) is 7.22. The van der Waals surface area contributed by atoms with E-state index in [1.807, 2.05) is 6.20 Å². The maximum Gasteiger partial charge on any atom is 0.478 e. The van der Waals surface area contributed by atoms with Crippen LogP contribution < -0.4 is 4.74 Å². The van der Waals surface area contributed by atoms with E-state index in [2.05, 4.69) is 45.7 Å². The zero-order chi connectivity index (χ0) is 28.6. The van der Waals surface area contributed by atoms with Crippen LogP contribution in [0.3, 0.4) is 0 Å². The molecule has 0 aliphatic carbocycles. The smallest absolute Gasteiger partial charge is 0.478 e. The first kappa shape index (κ1) is 30.3. The van der Waals surface area contributed by atoms with Gasteiger partial charge in [-0.2, -0.15) is 4.31 Å². The molecule has 39 heavy (non-hydrogen) atoms. The highest BCUT2D eigenvalue weighted by Crippen LogP contribution is 2.56. The first-order valence-corrected chi connectivity index (χ1v) is 15.7. The maximum absolute atomic E-state index is 13.9. The topological polar surface area (TPSA) is 164 Å². The second kappa shape index (κ2) is 11.3. The number of fused-ring (bicyclic) bond motifs is 3. The van der Waals surface area contributed by atoms with E-state index in [9.17, 15) is 13.5 Å². The van der Waals surface area contributed by atoms with Crippen LogP contribution in [0.15, 0.2) is 30.6 Å². The van der Waals surface area contributed by atoms with Crippen molar-refractivity contribution in [1.29, 1.82) is 0 Å². The molecule has 3 aliphatic rings. The molecule has 0 amide bonds. The minimum absolute atomic E-state index is 0.0766. The quantitative estimate of drug-likeness (QED) is 0.376. The monoisotopic (exact) mass is 591 g/mol. The van der Waals surface area contributed by atoms with E-state index in [1.165, 1.54) is 6.07 Å². The van der Waals surface area contributed by atoms with Crippen LogP contribution in [0.25, 0.3) is 0 Å². The number of hydrogen-bond donors (Lipinski definition) is 4. The highest BCUT2D eigenvalue weighted by molar-refractivity contribution is 7.60. The SMILES string of the molecule is Cc1nccn1CCN1CCC2(CC1)CO[C@@H]1c3cc(F)ccc3OC(C)(C)[C@H]1C2.O=P(O)(O)OP(=O)(O)O. The maximum atomic E-state index is 13.9. The van der Waals surface area contributed by atoms with E-state index in [1.54, 1.807) is 12.1 Å². The van der Waals surface area contributed by atoms with Gasteiger partial charge >= 0.3 is 15.6 Å². The van der Waals surface area contributed by atoms with Crippen LogP contribution in [0.5, 0.6) is 5.75 Å². The summed E-state index contributed by atoms with van der Waals surface area (Å²) in [5, 5.41) is 0. The third-order valence-electron chi connectivity index (χ3n) is 7.84. The van der Waals surface area contributed by atoms with Gasteiger partial charge in [-0.25, -0.2) is 18.5 Å². The van der Waals surface area contributed by atoms with Gasteiger partial charge in [0, 0.05) is 37.0 Å². The molecule has 12 nitrogen and oxygen atoms in total. The van der Waals surface area contributed by atoms with E-state index in [0.717, 1.165) is 69.2 Å². The Labute approximate surface area is 226 Å². The second-order valence-electron chi connectivity index (χ2n) is 11.0. The standard InChI is InChI=1S/C24H32FN3O2.H4O7P2/c1-17-26-8-11-28(17)13-12-27-9-6-24(7-10-27)15-20-22(29-16-24)19-14-18(25)4-5-21(19)30-23(20,2)3;1-8(2,3)7-9(4,5)6/h4-5,8,11,14,20,22H,6-7,9-10,12-13,15-16H2,1-3H3;(H2,1,2,3)(H2,4,5,6)/t20-,22+;/m0./s1. The normalized spacial score (nSPS) is 24.2. The van der Waals surface area contributed by atoms with Gasteiger partial charge in [-0.3, -0.25) is 0 Å². The van der Waals surface area contributed by atoms with Gasteiger partial charge in [0.2, 0.25) is 0 Å². The van der Waals surface area contributed by atoms with E-state index in [-0.39, 0.29) is 28.9 Å². The number of halogens is 1. The van der Waals surface area contributed by atoms with Crippen molar-refractivity contribution in [2.45, 2.75) is 58.3 Å². The molecule has 15 heteroatoms. The van der Waals surface area contributed by atoms with Crippen molar-refractivity contribution in [1.82, 2.24) is 14.5 Å². The number of ether oxygens (including phenoxy) is 2. The molecule has 1 aromatic carbocycles. The number of aromatic nitrogens is 2. The Bertz CT molecular complexity index is 1230. The number of nitrogens with zero attached hydrogens (tertiary/aromatic N) is 3. The number of likely N-dealkylation sites (tertiary alicyclic amines) is 1. The minimum Gasteiger partial charge on any atom is -0.487 e. The molecule has 3 aliphatic heterocycles. The van der Waals surface area contributed by atoms with Crippen LogP contribution in [0.4, 0.5) is 4.39 Å². The van der Waals surface area contributed by atoms with Crippen molar-refractivity contribution in [3.63, 3.8) is 0 Å². The van der Waals surface area contributed by atoms with Crippen LogP contribution in [-0.4, -0.2) is 65.9 Å². The Morgan fingerprint density at radius 2 is 1.79 bits per heavy atom. The minimum atomic E-state index is -5.05. The number of aryl methyl sites for hydroxylation is 1. The van der Waals surface area contributed by atoms with E-state index >= 15 is 0 Å². The zero-order valence-electron chi connectivity index (χ0n) is 22.1. The van der Waals surface area contributed by atoms with Crippen molar-refractivity contribution in [2.75, 3.05) is 26.2 Å². The van der Waals surface area contributed by atoms with Crippen LogP contribution in [0, 0.1) is 24.1 Å². The molecular weight excluding hydrogens is 555 g/mol. The largest absolute Gasteiger partial charge is 0.487 e. The van der Waals surface area contributed by atoms with Crippen molar-refractivity contribution < 1.29 is 46.9 Å². The molecule has 5 rings (SSSR count). The fraction of sp³-hybridized carbons (Fsp3) is 0.625. The molecule has 2 atom stereocenters. The molecule has 0 bridgehead atoms. The Morgan fingerprint density at radius 1 is 1.13 bits per heavy atom. The molecular formula is C24H36FN3O9P2. The molecule has 0 saturated carbocycles. The summed E-state index contributed by atoms with van der Waals surface area (Å²) in [7, 11) is -10.1. The van der Waals surface area contributed by atoms with Crippen molar-refractivity contribution in [3.05, 3.63) is 47.8 Å². The average molecular weight is 592 g/mol. The lowest BCUT2D eigenvalue weighted by Crippen LogP contribution is -2.54. The summed E-state index contributed by atoms with van der Waals surface area (Å²) in [4.78, 5) is 37.9. The Kier molecular flexibility index (Phi) is 8.79. The second-order valence-corrected chi connectivity index (χ2v) is 13.6. The van der Waals surface area contributed by atoms with Gasteiger partial charge < -0.3 is 38.5 Å². The molecule has 0 unspecified atom stereocenters. The Morgan fingerprint density at radius 3 is 2.36 bits per heavy atom. The fourth-order valence-corrected chi connectivity index (χ4v) is 6.86. The lowest BCUT2D eigenvalue weighted by atomic mass is 9.64. The average Bonchev–Trinajstić information content (AvgIpc) is 3.22. The zero-order valence-corrected chi connectivity index (χ0v) is 23.9. The Balaban J connectivity index is 0.000000340. The lowest BCUT2D eigenvalue weighted by molar-refractivity contribution is -0.174. The van der Waals surface area contributed by atoms with Crippen molar-refractivity contribution in [3.8, 4) is 5.75 Å². The van der Waals surface area contributed by atoms with Gasteiger partial charge in [0.1, 0.15) is 23.0 Å². The number of hydrogen-bond acceptors (Lipinski definition) is 7. The number of imidazole rings is 1. The van der Waals surface area contributed by atoms with Gasteiger partial charge in [0.05, 0.1) is 12.7 Å². The highest BCUT2D eigenvalue weighted by Gasteiger charge is 2.52. The predicted octanol–water partition coefficient (Wildman–Crippen LogP) is 3.55. The lowest BCUT2D eigenvalue weighted by Gasteiger charge is -2.54. The summed E-state index contributed by atoms with van der Waals surface area (Å²) >= 11 is 0. The van der Waals surface area contributed by atoms with Gasteiger partial charge in [-0.15, -0.1) is 0 Å². The van der Waals surface area contributed by atoms with Crippen LogP contribution in [0.2, 0.25) is 0 Å². The summed E-state index contributed by atoms with van der Waals surface area (Å²) < 4.78 is 51.2. The summed E-state index contributed by atoms with van der Waals surface area (Å²) in [6.45, 7) is 11.4. The molecule has 4 N–H and O–H groups in total. The molecule has 1 spiro atoms. The first-order chi connectivity index (χ1) is 18.1. The third kappa shape index (κ3) is 7.75. The summed E-state index contributed by atoms with van der Waals surface area (Å²) in [5.41, 5.74) is 0.759. The molecule has 0 radical (unpaired) electrons. The molecule has 2 aromatic rings. The summed E-state index contributed by atoms with van der Waals surface area (Å²) in [6, 6.07) is 4.82. The Hall–Kier alpha value is -1.66. The molecule has 2 fully saturated rings. The third-order valence-corrected chi connectivity index (χ3v) is 9.54. The number of piperidine rings is 1. The molecule has 218 valence electrons. The van der Waals surface area contributed by atoms with Crippen molar-refractivity contribution >= 4 is 15.6 Å². The molecule has 4 heterocycles. The van der Waals surface area contributed by atoms with Crippen LogP contribution >= 0.6 is 15.6 Å².